The number of hydrogen-bond donors (Lipinski definition) is 0. The van der Waals surface area contributed by atoms with E-state index < -0.39 is 15.4 Å². The van der Waals surface area contributed by atoms with E-state index in [1.165, 1.54) is 0 Å². The highest BCUT2D eigenvalue weighted by Gasteiger charge is 2.30. The molecule has 190 valence electrons. The van der Waals surface area contributed by atoms with E-state index in [0.717, 1.165) is 51.7 Å². The molecule has 6 nitrogen and oxygen atoms in total. The van der Waals surface area contributed by atoms with Gasteiger partial charge in [0, 0.05) is 28.9 Å². The van der Waals surface area contributed by atoms with E-state index >= 15 is 0 Å². The molecule has 0 bridgehead atoms. The molecule has 5 rings (SSSR count). The number of sulfone groups is 1. The van der Waals surface area contributed by atoms with Crippen LogP contribution >= 0.6 is 0 Å². The minimum Gasteiger partial charge on any atom is -0.459 e. The molecular weight excluding hydrogens is 474 g/mol. The van der Waals surface area contributed by atoms with Gasteiger partial charge in [0.25, 0.3) is 0 Å². The van der Waals surface area contributed by atoms with Crippen molar-refractivity contribution in [2.24, 2.45) is 5.92 Å². The van der Waals surface area contributed by atoms with Crippen molar-refractivity contribution in [3.63, 3.8) is 0 Å². The van der Waals surface area contributed by atoms with Crippen LogP contribution in [0.2, 0.25) is 0 Å². The van der Waals surface area contributed by atoms with Crippen LogP contribution in [0.3, 0.4) is 0 Å². The van der Waals surface area contributed by atoms with Crippen LogP contribution in [0.4, 0.5) is 0 Å². The molecule has 36 heavy (non-hydrogen) atoms. The number of carbonyl (C=O) groups is 2. The van der Waals surface area contributed by atoms with Gasteiger partial charge in [0.15, 0.2) is 9.84 Å². The molecule has 3 aromatic rings. The first kappa shape index (κ1) is 24.8. The second-order valence-electron chi connectivity index (χ2n) is 11.2. The van der Waals surface area contributed by atoms with Gasteiger partial charge in [-0.1, -0.05) is 18.2 Å². The van der Waals surface area contributed by atoms with Gasteiger partial charge in [0.05, 0.1) is 10.6 Å². The van der Waals surface area contributed by atoms with E-state index in [2.05, 4.69) is 6.07 Å². The second kappa shape index (κ2) is 8.87. The SMILES string of the molecule is Cc1c(Cc2ccc3c(c2)CCS3(=O)=O)c2cc(CC(=O)C3CC3)ccc2n1CC(=O)OC(C)(C)C. The average molecular weight is 508 g/mol. The van der Waals surface area contributed by atoms with Gasteiger partial charge in [-0.3, -0.25) is 9.59 Å². The maximum atomic E-state index is 12.7. The van der Waals surface area contributed by atoms with E-state index in [0.29, 0.717) is 29.9 Å². The number of Topliss-reactive ketones (excluding diaryl/α,β-unsaturated/α-hetero) is 1. The van der Waals surface area contributed by atoms with Gasteiger partial charge in [-0.25, -0.2) is 8.42 Å². The highest BCUT2D eigenvalue weighted by atomic mass is 32.2. The van der Waals surface area contributed by atoms with Crippen molar-refractivity contribution in [3.8, 4) is 0 Å². The van der Waals surface area contributed by atoms with Crippen molar-refractivity contribution in [3.05, 3.63) is 64.3 Å². The minimum absolute atomic E-state index is 0.0996. The Morgan fingerprint density at radius 3 is 2.47 bits per heavy atom. The summed E-state index contributed by atoms with van der Waals surface area (Å²) in [6.45, 7) is 7.67. The maximum Gasteiger partial charge on any atom is 0.326 e. The normalized spacial score (nSPS) is 16.8. The Kier molecular flexibility index (Phi) is 6.10. The molecule has 1 aliphatic carbocycles. The lowest BCUT2D eigenvalue weighted by Crippen LogP contribution is -2.26. The lowest BCUT2D eigenvalue weighted by molar-refractivity contribution is -0.155. The van der Waals surface area contributed by atoms with Crippen molar-refractivity contribution in [2.45, 2.75) is 76.8 Å². The molecule has 1 fully saturated rings. The fourth-order valence-electron chi connectivity index (χ4n) is 5.19. The van der Waals surface area contributed by atoms with Crippen LogP contribution in [0.15, 0.2) is 41.3 Å². The molecule has 0 N–H and O–H groups in total. The zero-order valence-electron chi connectivity index (χ0n) is 21.4. The average Bonchev–Trinajstić information content (AvgIpc) is 3.55. The number of ketones is 1. The third-order valence-electron chi connectivity index (χ3n) is 7.12. The van der Waals surface area contributed by atoms with E-state index in [1.54, 1.807) is 6.07 Å². The van der Waals surface area contributed by atoms with Crippen LogP contribution in [0.5, 0.6) is 0 Å². The summed E-state index contributed by atoms with van der Waals surface area (Å²) in [6.07, 6.45) is 3.56. The number of ether oxygens (including phenoxy) is 1. The number of carbonyl (C=O) groups excluding carboxylic acids is 2. The largest absolute Gasteiger partial charge is 0.459 e. The number of esters is 1. The van der Waals surface area contributed by atoms with Crippen LogP contribution in [0.25, 0.3) is 10.9 Å². The quantitative estimate of drug-likeness (QED) is 0.432. The predicted molar refractivity (Wildman–Crippen MR) is 139 cm³/mol. The van der Waals surface area contributed by atoms with Gasteiger partial charge in [-0.05, 0) is 93.8 Å². The van der Waals surface area contributed by atoms with Crippen molar-refractivity contribution in [1.82, 2.24) is 4.57 Å². The standard InChI is InChI=1S/C29H33NO5S/c1-18-23(14-19-6-10-27-22(13-19)11-12-36(27,33)34)24-15-20(16-26(31)21-7-8-21)5-9-25(24)30(18)17-28(32)35-29(2,3)4/h5-6,9-10,13,15,21H,7-8,11-12,14,16-17H2,1-4H3. The lowest BCUT2D eigenvalue weighted by Gasteiger charge is -2.20. The fourth-order valence-corrected chi connectivity index (χ4v) is 6.73. The van der Waals surface area contributed by atoms with Gasteiger partial charge >= 0.3 is 5.97 Å². The van der Waals surface area contributed by atoms with Gasteiger partial charge in [-0.15, -0.1) is 0 Å². The first-order chi connectivity index (χ1) is 16.9. The van der Waals surface area contributed by atoms with E-state index in [1.807, 2.05) is 56.5 Å². The Morgan fingerprint density at radius 2 is 1.78 bits per heavy atom. The summed E-state index contributed by atoms with van der Waals surface area (Å²) in [5.74, 6) is 0.366. The first-order valence-electron chi connectivity index (χ1n) is 12.6. The van der Waals surface area contributed by atoms with E-state index in [-0.39, 0.29) is 24.2 Å². The van der Waals surface area contributed by atoms with Gasteiger partial charge < -0.3 is 9.30 Å². The van der Waals surface area contributed by atoms with E-state index in [9.17, 15) is 18.0 Å². The molecule has 1 aromatic heterocycles. The predicted octanol–water partition coefficient (Wildman–Crippen LogP) is 4.73. The van der Waals surface area contributed by atoms with Gasteiger partial charge in [0.2, 0.25) is 0 Å². The van der Waals surface area contributed by atoms with Crippen LogP contribution in [0, 0.1) is 12.8 Å². The molecule has 7 heteroatoms. The molecule has 1 aliphatic heterocycles. The molecule has 2 aliphatic rings. The third kappa shape index (κ3) is 4.99. The summed E-state index contributed by atoms with van der Waals surface area (Å²) in [6, 6.07) is 11.7. The summed E-state index contributed by atoms with van der Waals surface area (Å²) in [5, 5.41) is 1.02. The number of hydrogen-bond acceptors (Lipinski definition) is 5. The van der Waals surface area contributed by atoms with Crippen LogP contribution in [-0.2, 0) is 50.0 Å². The fraction of sp³-hybridized carbons (Fsp3) is 0.448. The molecule has 0 spiro atoms. The Morgan fingerprint density at radius 1 is 1.06 bits per heavy atom. The number of aromatic nitrogens is 1. The van der Waals surface area contributed by atoms with Crippen molar-refractivity contribution in [1.29, 1.82) is 0 Å². The second-order valence-corrected chi connectivity index (χ2v) is 13.3. The summed E-state index contributed by atoms with van der Waals surface area (Å²) >= 11 is 0. The molecule has 2 aromatic carbocycles. The molecule has 1 saturated carbocycles. The molecule has 0 radical (unpaired) electrons. The number of fused-ring (bicyclic) bond motifs is 2. The van der Waals surface area contributed by atoms with Crippen molar-refractivity contribution < 1.29 is 22.7 Å². The van der Waals surface area contributed by atoms with Crippen molar-refractivity contribution in [2.75, 3.05) is 5.75 Å². The summed E-state index contributed by atoms with van der Waals surface area (Å²) in [7, 11) is -3.17. The zero-order valence-corrected chi connectivity index (χ0v) is 22.2. The Hall–Kier alpha value is -2.93. The molecule has 0 atom stereocenters. The monoisotopic (exact) mass is 507 g/mol. The molecule has 0 unspecified atom stereocenters. The number of benzene rings is 2. The number of rotatable bonds is 7. The van der Waals surface area contributed by atoms with Crippen LogP contribution in [-0.4, -0.2) is 36.1 Å². The first-order valence-corrected chi connectivity index (χ1v) is 14.3. The van der Waals surface area contributed by atoms with E-state index in [4.69, 9.17) is 4.74 Å². The molecule has 0 amide bonds. The minimum atomic E-state index is -3.17. The van der Waals surface area contributed by atoms with Gasteiger partial charge in [0.1, 0.15) is 17.9 Å². The topological polar surface area (TPSA) is 82.4 Å². The van der Waals surface area contributed by atoms with Gasteiger partial charge in [-0.2, -0.15) is 0 Å². The Labute approximate surface area is 212 Å². The Balaban J connectivity index is 1.54. The third-order valence-corrected chi connectivity index (χ3v) is 8.93. The van der Waals surface area contributed by atoms with Crippen LogP contribution in [0.1, 0.15) is 61.6 Å². The molecule has 0 saturated heterocycles. The molecular formula is C29H33NO5S. The smallest absolute Gasteiger partial charge is 0.326 e. The zero-order chi connectivity index (χ0) is 25.8. The number of nitrogens with zero attached hydrogens (tertiary/aromatic N) is 1. The summed E-state index contributed by atoms with van der Waals surface area (Å²) in [4.78, 5) is 25.7. The van der Waals surface area contributed by atoms with Crippen molar-refractivity contribution >= 4 is 32.5 Å². The number of aryl methyl sites for hydroxylation is 1. The highest BCUT2D eigenvalue weighted by Crippen LogP contribution is 2.34. The highest BCUT2D eigenvalue weighted by molar-refractivity contribution is 7.91. The maximum absolute atomic E-state index is 12.7. The molecule has 2 heterocycles. The summed E-state index contributed by atoms with van der Waals surface area (Å²) < 4.78 is 32.1. The lowest BCUT2D eigenvalue weighted by atomic mass is 9.98. The Bertz CT molecular complexity index is 1490. The van der Waals surface area contributed by atoms with Crippen LogP contribution < -0.4 is 0 Å². The summed E-state index contributed by atoms with van der Waals surface area (Å²) in [5.41, 5.74) is 5.29.